The van der Waals surface area contributed by atoms with Crippen LogP contribution in [0.4, 0.5) is 4.39 Å². The summed E-state index contributed by atoms with van der Waals surface area (Å²) in [6.45, 7) is 1.73. The summed E-state index contributed by atoms with van der Waals surface area (Å²) in [5.74, 6) is 0.000637. The predicted molar refractivity (Wildman–Crippen MR) is 96.7 cm³/mol. The third kappa shape index (κ3) is 3.94. The van der Waals surface area contributed by atoms with Crippen LogP contribution in [0.1, 0.15) is 23.0 Å². The summed E-state index contributed by atoms with van der Waals surface area (Å²) in [5.41, 5.74) is 5.51. The van der Waals surface area contributed by atoms with E-state index in [2.05, 4.69) is 20.7 Å². The standard InChI is InChI=1S/C19H17FN4O2/c1-12(13-3-7-15(20)8-4-13)21-24-19(25)18-11-17(22-23-18)14-5-9-16(26-2)10-6-14/h3-11H,1-2H3,(H,22,23)(H,24,25)/b21-12-. The molecule has 0 unspecified atom stereocenters. The van der Waals surface area contributed by atoms with E-state index in [0.717, 1.165) is 16.9 Å². The fraction of sp³-hybridized carbons (Fsp3) is 0.105. The number of nitrogens with one attached hydrogen (secondary N) is 2. The first kappa shape index (κ1) is 17.3. The third-order valence-electron chi connectivity index (χ3n) is 3.80. The van der Waals surface area contributed by atoms with Crippen molar-refractivity contribution in [3.05, 3.63) is 71.7 Å². The average molecular weight is 352 g/mol. The summed E-state index contributed by atoms with van der Waals surface area (Å²) < 4.78 is 18.1. The van der Waals surface area contributed by atoms with Crippen LogP contribution in [0.5, 0.6) is 5.75 Å². The number of benzene rings is 2. The molecular formula is C19H17FN4O2. The number of methoxy groups -OCH3 is 1. The SMILES string of the molecule is COc1ccc(-c2cc(C(=O)N/N=C(/C)c3ccc(F)cc3)[nH]n2)cc1. The number of hydrogen-bond acceptors (Lipinski definition) is 4. The van der Waals surface area contributed by atoms with Crippen LogP contribution in [-0.2, 0) is 0 Å². The van der Waals surface area contributed by atoms with E-state index in [4.69, 9.17) is 4.74 Å². The minimum Gasteiger partial charge on any atom is -0.497 e. The minimum absolute atomic E-state index is 0.284. The topological polar surface area (TPSA) is 79.4 Å². The van der Waals surface area contributed by atoms with Gasteiger partial charge in [0.15, 0.2) is 0 Å². The number of halogens is 1. The fourth-order valence-corrected chi connectivity index (χ4v) is 2.30. The number of carbonyl (C=O) groups excluding carboxylic acids is 1. The summed E-state index contributed by atoms with van der Waals surface area (Å²) >= 11 is 0. The van der Waals surface area contributed by atoms with Crippen LogP contribution in [0.3, 0.4) is 0 Å². The van der Waals surface area contributed by atoms with Crippen molar-refractivity contribution in [3.63, 3.8) is 0 Å². The summed E-state index contributed by atoms with van der Waals surface area (Å²) in [4.78, 5) is 12.2. The molecule has 0 fully saturated rings. The van der Waals surface area contributed by atoms with Crippen LogP contribution in [0, 0.1) is 5.82 Å². The Morgan fingerprint density at radius 2 is 1.85 bits per heavy atom. The maximum Gasteiger partial charge on any atom is 0.289 e. The van der Waals surface area contributed by atoms with Gasteiger partial charge in [-0.2, -0.15) is 10.2 Å². The highest BCUT2D eigenvalue weighted by Gasteiger charge is 2.11. The normalized spacial score (nSPS) is 11.3. The number of hydrogen-bond donors (Lipinski definition) is 2. The Morgan fingerprint density at radius 3 is 2.50 bits per heavy atom. The van der Waals surface area contributed by atoms with Crippen LogP contribution in [0.15, 0.2) is 59.7 Å². The van der Waals surface area contributed by atoms with E-state index in [9.17, 15) is 9.18 Å². The highest BCUT2D eigenvalue weighted by atomic mass is 19.1. The molecule has 1 heterocycles. The number of amides is 1. The highest BCUT2D eigenvalue weighted by Crippen LogP contribution is 2.21. The number of carbonyl (C=O) groups is 1. The Balaban J connectivity index is 1.69. The van der Waals surface area contributed by atoms with E-state index in [1.54, 1.807) is 32.2 Å². The molecule has 3 aromatic rings. The number of rotatable bonds is 5. The van der Waals surface area contributed by atoms with Gasteiger partial charge in [0.05, 0.1) is 18.5 Å². The number of H-pyrrole nitrogens is 1. The van der Waals surface area contributed by atoms with E-state index >= 15 is 0 Å². The fourth-order valence-electron chi connectivity index (χ4n) is 2.30. The first-order valence-corrected chi connectivity index (χ1v) is 7.87. The zero-order chi connectivity index (χ0) is 18.5. The second kappa shape index (κ2) is 7.60. The number of hydrazone groups is 1. The van der Waals surface area contributed by atoms with E-state index in [-0.39, 0.29) is 11.5 Å². The maximum atomic E-state index is 12.9. The molecule has 6 nitrogen and oxygen atoms in total. The molecule has 2 N–H and O–H groups in total. The number of aromatic nitrogens is 2. The van der Waals surface area contributed by atoms with Crippen LogP contribution in [0.25, 0.3) is 11.3 Å². The van der Waals surface area contributed by atoms with Crippen LogP contribution < -0.4 is 10.2 Å². The van der Waals surface area contributed by atoms with Crippen molar-refractivity contribution in [2.24, 2.45) is 5.10 Å². The molecular weight excluding hydrogens is 335 g/mol. The third-order valence-corrected chi connectivity index (χ3v) is 3.80. The molecule has 0 aliphatic heterocycles. The Labute approximate surface area is 149 Å². The van der Waals surface area contributed by atoms with Gasteiger partial charge in [-0.25, -0.2) is 9.82 Å². The molecule has 2 aromatic carbocycles. The smallest absolute Gasteiger partial charge is 0.289 e. The largest absolute Gasteiger partial charge is 0.497 e. The van der Waals surface area contributed by atoms with Gasteiger partial charge >= 0.3 is 0 Å². The molecule has 3 rings (SSSR count). The van der Waals surface area contributed by atoms with Crippen molar-refractivity contribution in [1.82, 2.24) is 15.6 Å². The van der Waals surface area contributed by atoms with Gasteiger partial charge in [-0.15, -0.1) is 0 Å². The lowest BCUT2D eigenvalue weighted by molar-refractivity contribution is 0.0950. The van der Waals surface area contributed by atoms with Crippen molar-refractivity contribution < 1.29 is 13.9 Å². The Kier molecular flexibility index (Phi) is 5.07. The van der Waals surface area contributed by atoms with Crippen molar-refractivity contribution in [1.29, 1.82) is 0 Å². The monoisotopic (exact) mass is 352 g/mol. The molecule has 1 aromatic heterocycles. The lowest BCUT2D eigenvalue weighted by Crippen LogP contribution is -2.19. The van der Waals surface area contributed by atoms with E-state index < -0.39 is 5.91 Å². The highest BCUT2D eigenvalue weighted by molar-refractivity contribution is 6.00. The van der Waals surface area contributed by atoms with Gasteiger partial charge in [-0.1, -0.05) is 12.1 Å². The second-order valence-corrected chi connectivity index (χ2v) is 5.54. The van der Waals surface area contributed by atoms with Crippen LogP contribution in [0.2, 0.25) is 0 Å². The first-order valence-electron chi connectivity index (χ1n) is 7.87. The number of nitrogens with zero attached hydrogens (tertiary/aromatic N) is 2. The lowest BCUT2D eigenvalue weighted by atomic mass is 10.1. The average Bonchev–Trinajstić information content (AvgIpc) is 3.17. The molecule has 132 valence electrons. The molecule has 0 spiro atoms. The summed E-state index contributed by atoms with van der Waals surface area (Å²) in [6.07, 6.45) is 0. The quantitative estimate of drug-likeness (QED) is 0.546. The molecule has 0 aliphatic carbocycles. The minimum atomic E-state index is -0.418. The summed E-state index contributed by atoms with van der Waals surface area (Å²) in [5, 5.41) is 10.9. The van der Waals surface area contributed by atoms with Gasteiger partial charge in [-0.3, -0.25) is 9.89 Å². The van der Waals surface area contributed by atoms with Crippen LogP contribution in [-0.4, -0.2) is 28.9 Å². The summed E-state index contributed by atoms with van der Waals surface area (Å²) in [6, 6.07) is 14.9. The number of ether oxygens (including phenoxy) is 1. The van der Waals surface area contributed by atoms with Crippen molar-refractivity contribution in [3.8, 4) is 17.0 Å². The molecule has 0 atom stereocenters. The van der Waals surface area contributed by atoms with Gasteiger partial charge in [-0.05, 0) is 55.0 Å². The molecule has 0 aliphatic rings. The zero-order valence-electron chi connectivity index (χ0n) is 14.3. The molecule has 7 heteroatoms. The Hall–Kier alpha value is -3.48. The molecule has 0 saturated heterocycles. The number of aromatic amines is 1. The molecule has 0 saturated carbocycles. The van der Waals surface area contributed by atoms with Crippen molar-refractivity contribution >= 4 is 11.6 Å². The molecule has 0 bridgehead atoms. The van der Waals surface area contributed by atoms with Gasteiger partial charge in [0.2, 0.25) is 0 Å². The van der Waals surface area contributed by atoms with Crippen LogP contribution >= 0.6 is 0 Å². The van der Waals surface area contributed by atoms with Crippen molar-refractivity contribution in [2.45, 2.75) is 6.92 Å². The van der Waals surface area contributed by atoms with E-state index in [1.165, 1.54) is 12.1 Å². The molecule has 26 heavy (non-hydrogen) atoms. The maximum absolute atomic E-state index is 12.9. The summed E-state index contributed by atoms with van der Waals surface area (Å²) in [7, 11) is 1.60. The predicted octanol–water partition coefficient (Wildman–Crippen LogP) is 3.38. The first-order chi connectivity index (χ1) is 12.6. The molecule has 0 radical (unpaired) electrons. The molecule has 1 amide bonds. The lowest BCUT2D eigenvalue weighted by Gasteiger charge is -2.01. The van der Waals surface area contributed by atoms with Gasteiger partial charge < -0.3 is 4.74 Å². The van der Waals surface area contributed by atoms with Gasteiger partial charge in [0.1, 0.15) is 17.3 Å². The second-order valence-electron chi connectivity index (χ2n) is 5.54. The zero-order valence-corrected chi connectivity index (χ0v) is 14.3. The van der Waals surface area contributed by atoms with Gasteiger partial charge in [0, 0.05) is 5.56 Å². The van der Waals surface area contributed by atoms with E-state index in [0.29, 0.717) is 11.4 Å². The van der Waals surface area contributed by atoms with Gasteiger partial charge in [0.25, 0.3) is 5.91 Å². The van der Waals surface area contributed by atoms with E-state index in [1.807, 2.05) is 24.3 Å². The Bertz CT molecular complexity index is 931. The van der Waals surface area contributed by atoms with Crippen molar-refractivity contribution in [2.75, 3.05) is 7.11 Å². The Morgan fingerprint density at radius 1 is 1.15 bits per heavy atom.